The molecule has 3 rings (SSSR count). The molecule has 29 heavy (non-hydrogen) atoms. The minimum atomic E-state index is -0.223. The summed E-state index contributed by atoms with van der Waals surface area (Å²) in [4.78, 5) is 21.6. The van der Waals surface area contributed by atoms with Crippen LogP contribution in [0.3, 0.4) is 0 Å². The number of hydrogen-bond acceptors (Lipinski definition) is 6. The molecule has 0 saturated carbocycles. The van der Waals surface area contributed by atoms with Crippen LogP contribution in [0.4, 0.5) is 5.82 Å². The van der Waals surface area contributed by atoms with Gasteiger partial charge in [-0.1, -0.05) is 24.3 Å². The van der Waals surface area contributed by atoms with E-state index >= 15 is 0 Å². The number of hydrogen-bond donors (Lipinski definition) is 3. The van der Waals surface area contributed by atoms with Crippen LogP contribution in [0.5, 0.6) is 0 Å². The van der Waals surface area contributed by atoms with E-state index in [-0.39, 0.29) is 12.0 Å². The molecule has 2 heterocycles. The van der Waals surface area contributed by atoms with Gasteiger partial charge in [-0.15, -0.1) is 0 Å². The molecule has 152 valence electrons. The number of nitrogens with two attached hydrogens (primary N) is 1. The Morgan fingerprint density at radius 2 is 2.28 bits per heavy atom. The standard InChI is InChI=1S/C21H26N6O2/c1-23-27-19(22)11-16(12-20(27)25-14-17-8-5-6-10-24-17)21(28)26-13-15-7-3-4-9-18(15)29-2/h3-8,10-12,18,23H,9,13-14,22H2,1-2H3,(H,26,28). The Labute approximate surface area is 169 Å². The van der Waals surface area contributed by atoms with Crippen molar-refractivity contribution in [3.63, 3.8) is 0 Å². The largest absolute Gasteiger partial charge is 0.384 e. The number of nitrogen functional groups attached to an aromatic ring is 1. The van der Waals surface area contributed by atoms with Gasteiger partial charge in [0.1, 0.15) is 11.3 Å². The second kappa shape index (κ2) is 9.70. The lowest BCUT2D eigenvalue weighted by atomic mass is 10.0. The van der Waals surface area contributed by atoms with Crippen molar-refractivity contribution in [1.82, 2.24) is 15.0 Å². The second-order valence-corrected chi connectivity index (χ2v) is 6.54. The number of anilines is 1. The summed E-state index contributed by atoms with van der Waals surface area (Å²) in [5.74, 6) is 0.161. The third-order valence-electron chi connectivity index (χ3n) is 4.64. The first kappa shape index (κ1) is 20.3. The maximum Gasteiger partial charge on any atom is 0.251 e. The molecule has 8 nitrogen and oxygen atoms in total. The zero-order valence-corrected chi connectivity index (χ0v) is 16.6. The molecule has 1 aliphatic carbocycles. The topological polar surface area (TPSA) is 107 Å². The molecule has 1 amide bonds. The number of ether oxygens (including phenoxy) is 1. The van der Waals surface area contributed by atoms with E-state index in [2.05, 4.69) is 20.7 Å². The summed E-state index contributed by atoms with van der Waals surface area (Å²) in [6.07, 6.45) is 8.49. The summed E-state index contributed by atoms with van der Waals surface area (Å²) in [5.41, 5.74) is 11.9. The average molecular weight is 394 g/mol. The number of pyridine rings is 2. The Kier molecular flexibility index (Phi) is 6.80. The van der Waals surface area contributed by atoms with Gasteiger partial charge in [-0.2, -0.15) is 0 Å². The lowest BCUT2D eigenvalue weighted by Gasteiger charge is -2.20. The van der Waals surface area contributed by atoms with Gasteiger partial charge in [0.2, 0.25) is 0 Å². The maximum atomic E-state index is 12.7. The van der Waals surface area contributed by atoms with Crippen LogP contribution in [0, 0.1) is 0 Å². The van der Waals surface area contributed by atoms with Gasteiger partial charge in [-0.05, 0) is 36.3 Å². The van der Waals surface area contributed by atoms with E-state index < -0.39 is 0 Å². The van der Waals surface area contributed by atoms with Gasteiger partial charge in [0.25, 0.3) is 5.91 Å². The number of methoxy groups -OCH3 is 1. The number of carbonyl (C=O) groups excluding carboxylic acids is 1. The van der Waals surface area contributed by atoms with Crippen LogP contribution in [0.1, 0.15) is 22.5 Å². The normalized spacial score (nSPS) is 16.4. The van der Waals surface area contributed by atoms with Crippen LogP contribution < -0.4 is 22.0 Å². The summed E-state index contributed by atoms with van der Waals surface area (Å²) in [7, 11) is 3.41. The van der Waals surface area contributed by atoms with Crippen molar-refractivity contribution in [1.29, 1.82) is 0 Å². The number of carbonyl (C=O) groups is 1. The molecule has 8 heteroatoms. The number of rotatable bonds is 7. The van der Waals surface area contributed by atoms with Crippen LogP contribution in [-0.4, -0.2) is 42.4 Å². The van der Waals surface area contributed by atoms with Crippen molar-refractivity contribution in [2.75, 3.05) is 31.9 Å². The Balaban J connectivity index is 1.80. The molecule has 0 bridgehead atoms. The molecule has 0 spiro atoms. The second-order valence-electron chi connectivity index (χ2n) is 6.54. The van der Waals surface area contributed by atoms with Crippen molar-refractivity contribution >= 4 is 11.7 Å². The zero-order valence-electron chi connectivity index (χ0n) is 16.6. The van der Waals surface area contributed by atoms with Gasteiger partial charge in [0.15, 0.2) is 0 Å². The maximum absolute atomic E-state index is 12.7. The van der Waals surface area contributed by atoms with Crippen LogP contribution in [0.15, 0.2) is 65.3 Å². The van der Waals surface area contributed by atoms with E-state index in [1.807, 2.05) is 36.4 Å². The first-order valence-corrected chi connectivity index (χ1v) is 9.39. The van der Waals surface area contributed by atoms with Crippen molar-refractivity contribution in [3.8, 4) is 0 Å². The van der Waals surface area contributed by atoms with Gasteiger partial charge in [0, 0.05) is 32.5 Å². The van der Waals surface area contributed by atoms with Crippen molar-refractivity contribution < 1.29 is 9.53 Å². The number of amides is 1. The molecule has 1 unspecified atom stereocenters. The summed E-state index contributed by atoms with van der Waals surface area (Å²) >= 11 is 0. The predicted molar refractivity (Wildman–Crippen MR) is 113 cm³/mol. The monoisotopic (exact) mass is 394 g/mol. The number of aromatic nitrogens is 2. The molecular weight excluding hydrogens is 368 g/mol. The highest BCUT2D eigenvalue weighted by atomic mass is 16.5. The summed E-state index contributed by atoms with van der Waals surface area (Å²) < 4.78 is 7.08. The van der Waals surface area contributed by atoms with E-state index in [0.717, 1.165) is 17.7 Å². The molecule has 1 atom stereocenters. The van der Waals surface area contributed by atoms with E-state index in [4.69, 9.17) is 10.5 Å². The van der Waals surface area contributed by atoms with Crippen molar-refractivity contribution in [2.45, 2.75) is 19.1 Å². The molecule has 0 fully saturated rings. The highest BCUT2D eigenvalue weighted by Gasteiger charge is 2.16. The fraction of sp³-hybridized carbons (Fsp3) is 0.286. The van der Waals surface area contributed by atoms with Crippen LogP contribution in [-0.2, 0) is 11.3 Å². The first-order valence-electron chi connectivity index (χ1n) is 9.39. The number of allylic oxidation sites excluding steroid dienone is 2. The van der Waals surface area contributed by atoms with Crippen molar-refractivity contribution in [2.24, 2.45) is 4.99 Å². The van der Waals surface area contributed by atoms with Gasteiger partial charge < -0.3 is 21.2 Å². The summed E-state index contributed by atoms with van der Waals surface area (Å²) in [6, 6.07) is 8.98. The van der Waals surface area contributed by atoms with Crippen LogP contribution >= 0.6 is 0 Å². The molecule has 0 aliphatic heterocycles. The van der Waals surface area contributed by atoms with Crippen LogP contribution in [0.25, 0.3) is 0 Å². The quantitative estimate of drug-likeness (QED) is 0.658. The first-order chi connectivity index (χ1) is 14.1. The molecule has 0 radical (unpaired) electrons. The Morgan fingerprint density at radius 1 is 1.41 bits per heavy atom. The number of nitrogens with zero attached hydrogens (tertiary/aromatic N) is 3. The third-order valence-corrected chi connectivity index (χ3v) is 4.64. The minimum absolute atomic E-state index is 0.0171. The SMILES string of the molecule is CNn1c(N)cc(C(=O)NCC2=CC=CCC2OC)cc1=NCc1ccccn1. The van der Waals surface area contributed by atoms with Gasteiger partial charge in [-0.25, -0.2) is 4.68 Å². The Hall–Kier alpha value is -3.39. The molecular formula is C21H26N6O2. The van der Waals surface area contributed by atoms with E-state index in [0.29, 0.717) is 30.0 Å². The van der Waals surface area contributed by atoms with Gasteiger partial charge in [-0.3, -0.25) is 14.8 Å². The smallest absolute Gasteiger partial charge is 0.251 e. The molecule has 2 aromatic heterocycles. The Bertz CT molecular complexity index is 978. The fourth-order valence-electron chi connectivity index (χ4n) is 3.10. The lowest BCUT2D eigenvalue weighted by Crippen LogP contribution is -2.34. The van der Waals surface area contributed by atoms with E-state index in [1.54, 1.807) is 37.2 Å². The van der Waals surface area contributed by atoms with E-state index in [9.17, 15) is 4.79 Å². The highest BCUT2D eigenvalue weighted by molar-refractivity contribution is 5.94. The van der Waals surface area contributed by atoms with Crippen LogP contribution in [0.2, 0.25) is 0 Å². The summed E-state index contributed by atoms with van der Waals surface area (Å²) in [6.45, 7) is 0.782. The lowest BCUT2D eigenvalue weighted by molar-refractivity contribution is 0.0947. The number of nitrogens with one attached hydrogen (secondary N) is 2. The Morgan fingerprint density at radius 3 is 3.00 bits per heavy atom. The molecule has 4 N–H and O–H groups in total. The molecule has 0 saturated heterocycles. The molecule has 1 aliphatic rings. The molecule has 0 aromatic carbocycles. The van der Waals surface area contributed by atoms with Crippen molar-refractivity contribution in [3.05, 3.63) is 77.1 Å². The zero-order chi connectivity index (χ0) is 20.6. The highest BCUT2D eigenvalue weighted by Crippen LogP contribution is 2.15. The summed E-state index contributed by atoms with van der Waals surface area (Å²) in [5, 5.41) is 2.94. The minimum Gasteiger partial charge on any atom is -0.384 e. The fourth-order valence-corrected chi connectivity index (χ4v) is 3.10. The van der Waals surface area contributed by atoms with Gasteiger partial charge >= 0.3 is 0 Å². The predicted octanol–water partition coefficient (Wildman–Crippen LogP) is 1.37. The average Bonchev–Trinajstić information content (AvgIpc) is 2.76. The van der Waals surface area contributed by atoms with Gasteiger partial charge in [0.05, 0.1) is 18.3 Å². The third kappa shape index (κ3) is 5.11. The van der Waals surface area contributed by atoms with E-state index in [1.165, 1.54) is 0 Å². The molecule has 2 aromatic rings.